The highest BCUT2D eigenvalue weighted by atomic mass is 19.1. The Morgan fingerprint density at radius 1 is 1.02 bits per heavy atom. The standard InChI is InChI=1S/C30H32F3N7O/c1-7-30(5)27-21(15-34-16-24(27)39(6)38-30)17-8-9-23(22(33)10-17)35-28(41)36-26-14-25(29(2,3)4)37-40(26)20-12-18(31)11-19(32)13-20/h8-16,38H,7H2,1-6H3,(H2,35,36,41). The minimum atomic E-state index is -0.786. The van der Waals surface area contributed by atoms with Crippen LogP contribution in [0.4, 0.5) is 35.2 Å². The number of fused-ring (bicyclic) bond motifs is 1. The molecule has 1 unspecified atom stereocenters. The molecule has 41 heavy (non-hydrogen) atoms. The van der Waals surface area contributed by atoms with Gasteiger partial charge < -0.3 is 10.3 Å². The number of halogens is 3. The van der Waals surface area contributed by atoms with Crippen LogP contribution in [0.25, 0.3) is 16.8 Å². The van der Waals surface area contributed by atoms with Crippen LogP contribution < -0.4 is 21.1 Å². The fraction of sp³-hybridized carbons (Fsp3) is 0.300. The molecular formula is C30H32F3N7O. The van der Waals surface area contributed by atoms with Gasteiger partial charge in [-0.2, -0.15) is 5.10 Å². The number of carbonyl (C=O) groups excluding carboxylic acids is 1. The highest BCUT2D eigenvalue weighted by Crippen LogP contribution is 2.44. The predicted molar refractivity (Wildman–Crippen MR) is 154 cm³/mol. The molecule has 2 aromatic heterocycles. The molecule has 2 aromatic carbocycles. The van der Waals surface area contributed by atoms with Crippen molar-refractivity contribution in [3.8, 4) is 16.8 Å². The zero-order chi connectivity index (χ0) is 29.7. The van der Waals surface area contributed by atoms with E-state index in [9.17, 15) is 13.6 Å². The number of benzene rings is 2. The summed E-state index contributed by atoms with van der Waals surface area (Å²) in [5.41, 5.74) is 6.65. The highest BCUT2D eigenvalue weighted by molar-refractivity contribution is 5.99. The molecule has 1 atom stereocenters. The van der Waals surface area contributed by atoms with Gasteiger partial charge in [-0.3, -0.25) is 10.3 Å². The molecule has 0 spiro atoms. The fourth-order valence-electron chi connectivity index (χ4n) is 4.99. The minimum Gasteiger partial charge on any atom is -0.309 e. The van der Waals surface area contributed by atoms with Gasteiger partial charge in [0.2, 0.25) is 0 Å². The van der Waals surface area contributed by atoms with Gasteiger partial charge in [-0.05, 0) is 43.2 Å². The van der Waals surface area contributed by atoms with Gasteiger partial charge in [0.25, 0.3) is 0 Å². The Bertz CT molecular complexity index is 1630. The molecule has 0 saturated heterocycles. The second-order valence-corrected chi connectivity index (χ2v) is 11.4. The van der Waals surface area contributed by atoms with Gasteiger partial charge in [-0.15, -0.1) is 0 Å². The van der Waals surface area contributed by atoms with Crippen molar-refractivity contribution in [2.24, 2.45) is 0 Å². The molecule has 0 radical (unpaired) electrons. The third-order valence-corrected chi connectivity index (χ3v) is 7.30. The Morgan fingerprint density at radius 2 is 1.73 bits per heavy atom. The van der Waals surface area contributed by atoms with E-state index in [1.165, 1.54) is 16.8 Å². The number of nitrogens with one attached hydrogen (secondary N) is 3. The molecule has 0 aliphatic carbocycles. The van der Waals surface area contributed by atoms with Crippen molar-refractivity contribution in [2.45, 2.75) is 52.0 Å². The number of hydrazine groups is 1. The normalized spacial score (nSPS) is 16.6. The third-order valence-electron chi connectivity index (χ3n) is 7.30. The van der Waals surface area contributed by atoms with Gasteiger partial charge in [-0.1, -0.05) is 33.8 Å². The van der Waals surface area contributed by atoms with E-state index in [1.807, 2.05) is 32.8 Å². The maximum Gasteiger partial charge on any atom is 0.324 e. The molecule has 0 fully saturated rings. The molecule has 0 bridgehead atoms. The van der Waals surface area contributed by atoms with E-state index in [-0.39, 0.29) is 22.7 Å². The summed E-state index contributed by atoms with van der Waals surface area (Å²) in [6, 6.07) is 8.40. The smallest absolute Gasteiger partial charge is 0.309 e. The van der Waals surface area contributed by atoms with Crippen molar-refractivity contribution in [3.63, 3.8) is 0 Å². The summed E-state index contributed by atoms with van der Waals surface area (Å²) in [5, 5.41) is 11.5. The van der Waals surface area contributed by atoms with E-state index in [0.29, 0.717) is 11.3 Å². The second kappa shape index (κ2) is 10.2. The van der Waals surface area contributed by atoms with Gasteiger partial charge in [-0.25, -0.2) is 28.1 Å². The molecule has 5 rings (SSSR count). The van der Waals surface area contributed by atoms with Crippen LogP contribution in [0.1, 0.15) is 52.3 Å². The van der Waals surface area contributed by atoms with Crippen LogP contribution >= 0.6 is 0 Å². The first-order valence-corrected chi connectivity index (χ1v) is 13.2. The maximum absolute atomic E-state index is 15.3. The van der Waals surface area contributed by atoms with Crippen LogP contribution in [0, 0.1) is 17.5 Å². The largest absolute Gasteiger partial charge is 0.324 e. The summed E-state index contributed by atoms with van der Waals surface area (Å²) in [6.45, 7) is 9.92. The van der Waals surface area contributed by atoms with Crippen molar-refractivity contribution < 1.29 is 18.0 Å². The van der Waals surface area contributed by atoms with Gasteiger partial charge in [0.1, 0.15) is 23.3 Å². The summed E-state index contributed by atoms with van der Waals surface area (Å²) < 4.78 is 44.5. The Kier molecular flexibility index (Phi) is 7.02. The zero-order valence-corrected chi connectivity index (χ0v) is 23.7. The second-order valence-electron chi connectivity index (χ2n) is 11.4. The number of urea groups is 1. The number of nitrogens with zero attached hydrogens (tertiary/aromatic N) is 4. The molecule has 11 heteroatoms. The van der Waals surface area contributed by atoms with Crippen molar-refractivity contribution >= 4 is 23.2 Å². The van der Waals surface area contributed by atoms with E-state index < -0.39 is 28.9 Å². The van der Waals surface area contributed by atoms with Crippen molar-refractivity contribution in [1.29, 1.82) is 0 Å². The average Bonchev–Trinajstić information content (AvgIpc) is 3.44. The predicted octanol–water partition coefficient (Wildman–Crippen LogP) is 6.87. The molecule has 2 amide bonds. The number of carbonyl (C=O) groups is 1. The molecule has 8 nitrogen and oxygen atoms in total. The molecule has 214 valence electrons. The molecular weight excluding hydrogens is 531 g/mol. The average molecular weight is 564 g/mol. The summed E-state index contributed by atoms with van der Waals surface area (Å²) in [7, 11) is 1.92. The lowest BCUT2D eigenvalue weighted by atomic mass is 9.85. The van der Waals surface area contributed by atoms with Crippen LogP contribution in [0.2, 0.25) is 0 Å². The molecule has 3 heterocycles. The highest BCUT2D eigenvalue weighted by Gasteiger charge is 2.38. The van der Waals surface area contributed by atoms with Crippen molar-refractivity contribution in [2.75, 3.05) is 22.7 Å². The van der Waals surface area contributed by atoms with Crippen LogP contribution in [0.3, 0.4) is 0 Å². The number of aromatic nitrogens is 3. The Labute approximate surface area is 236 Å². The van der Waals surface area contributed by atoms with Crippen molar-refractivity contribution in [3.05, 3.63) is 83.6 Å². The van der Waals surface area contributed by atoms with Gasteiger partial charge >= 0.3 is 6.03 Å². The first kappa shape index (κ1) is 28.2. The van der Waals surface area contributed by atoms with E-state index in [4.69, 9.17) is 0 Å². The lowest BCUT2D eigenvalue weighted by Crippen LogP contribution is -2.41. The Morgan fingerprint density at radius 3 is 2.37 bits per heavy atom. The molecule has 4 aromatic rings. The maximum atomic E-state index is 15.3. The SMILES string of the molecule is CCC1(C)NN(C)c2cncc(-c3ccc(NC(=O)Nc4cc(C(C)(C)C)nn4-c4cc(F)cc(F)c4)c(F)c3)c21. The lowest BCUT2D eigenvalue weighted by molar-refractivity contribution is 0.262. The van der Waals surface area contributed by atoms with Crippen LogP contribution in [0.15, 0.2) is 54.9 Å². The van der Waals surface area contributed by atoms with Gasteiger partial charge in [0, 0.05) is 41.9 Å². The third kappa shape index (κ3) is 5.37. The topological polar surface area (TPSA) is 87.1 Å². The zero-order valence-electron chi connectivity index (χ0n) is 23.7. The Hall–Kier alpha value is -4.38. The van der Waals surface area contributed by atoms with E-state index in [1.54, 1.807) is 24.5 Å². The van der Waals surface area contributed by atoms with Crippen LogP contribution in [-0.2, 0) is 11.0 Å². The van der Waals surface area contributed by atoms with E-state index in [2.05, 4.69) is 40.0 Å². The lowest BCUT2D eigenvalue weighted by Gasteiger charge is -2.26. The number of pyridine rings is 1. The number of anilines is 3. The van der Waals surface area contributed by atoms with E-state index in [0.717, 1.165) is 41.4 Å². The van der Waals surface area contributed by atoms with Crippen molar-refractivity contribution in [1.82, 2.24) is 20.2 Å². The monoisotopic (exact) mass is 563 g/mol. The molecule has 1 aliphatic heterocycles. The van der Waals surface area contributed by atoms with E-state index >= 15 is 4.39 Å². The van der Waals surface area contributed by atoms with Crippen LogP contribution in [0.5, 0.6) is 0 Å². The summed E-state index contributed by atoms with van der Waals surface area (Å²) in [5.74, 6) is -2.04. The number of amides is 2. The van der Waals surface area contributed by atoms with Gasteiger partial charge in [0.15, 0.2) is 0 Å². The number of rotatable bonds is 5. The van der Waals surface area contributed by atoms with Crippen LogP contribution in [-0.4, -0.2) is 27.8 Å². The minimum absolute atomic E-state index is 0.0424. The number of hydrogen-bond donors (Lipinski definition) is 3. The molecule has 0 saturated carbocycles. The Balaban J connectivity index is 1.42. The fourth-order valence-corrected chi connectivity index (χ4v) is 4.99. The first-order valence-electron chi connectivity index (χ1n) is 13.2. The first-order chi connectivity index (χ1) is 19.3. The summed E-state index contributed by atoms with van der Waals surface area (Å²) >= 11 is 0. The molecule has 3 N–H and O–H groups in total. The van der Waals surface area contributed by atoms with Gasteiger partial charge in [0.05, 0.1) is 34.5 Å². The summed E-state index contributed by atoms with van der Waals surface area (Å²) in [6.07, 6.45) is 4.29. The molecule has 1 aliphatic rings. The quantitative estimate of drug-likeness (QED) is 0.247. The summed E-state index contributed by atoms with van der Waals surface area (Å²) in [4.78, 5) is 17.3. The number of hydrogen-bond acceptors (Lipinski definition) is 5.